The van der Waals surface area contributed by atoms with Gasteiger partial charge in [0.05, 0.1) is 22.1 Å². The van der Waals surface area contributed by atoms with Gasteiger partial charge in [-0.15, -0.1) is 11.3 Å². The number of piperidine rings is 1. The molecule has 0 aliphatic carbocycles. The van der Waals surface area contributed by atoms with E-state index in [2.05, 4.69) is 38.0 Å². The van der Waals surface area contributed by atoms with Gasteiger partial charge >= 0.3 is 0 Å². The molecule has 1 aliphatic rings. The third-order valence-electron chi connectivity index (χ3n) is 5.52. The van der Waals surface area contributed by atoms with Crippen molar-refractivity contribution in [2.24, 2.45) is 5.92 Å². The summed E-state index contributed by atoms with van der Waals surface area (Å²) in [7, 11) is -3.52. The Hall–Kier alpha value is -1.77. The van der Waals surface area contributed by atoms with Crippen molar-refractivity contribution in [3.63, 3.8) is 0 Å². The van der Waals surface area contributed by atoms with Gasteiger partial charge in [-0.2, -0.15) is 4.31 Å². The fraction of sp³-hybridized carbons (Fsp3) is 0.545. The Morgan fingerprint density at radius 1 is 1.13 bits per heavy atom. The zero-order valence-corrected chi connectivity index (χ0v) is 19.7. The van der Waals surface area contributed by atoms with E-state index in [-0.39, 0.29) is 11.8 Å². The van der Waals surface area contributed by atoms with E-state index in [0.717, 1.165) is 16.3 Å². The third-order valence-corrected chi connectivity index (χ3v) is 8.62. The summed E-state index contributed by atoms with van der Waals surface area (Å²) in [6.45, 7) is 9.50. The van der Waals surface area contributed by atoms with Crippen molar-refractivity contribution in [2.75, 3.05) is 13.1 Å². The second kappa shape index (κ2) is 9.58. The number of amides is 1. The summed E-state index contributed by atoms with van der Waals surface area (Å²) in [6, 6.07) is 7.12. The Bertz CT molecular complexity index is 958. The second-order valence-corrected chi connectivity index (χ2v) is 11.3. The number of nitrogens with zero attached hydrogens (tertiary/aromatic N) is 2. The zero-order chi connectivity index (χ0) is 21.9. The summed E-state index contributed by atoms with van der Waals surface area (Å²) in [6.07, 6.45) is 1.06. The van der Waals surface area contributed by atoms with Gasteiger partial charge in [0.25, 0.3) is 0 Å². The first-order chi connectivity index (χ1) is 14.2. The lowest BCUT2D eigenvalue weighted by atomic mass is 9.97. The van der Waals surface area contributed by atoms with Gasteiger partial charge in [-0.25, -0.2) is 13.4 Å². The molecule has 164 valence electrons. The number of rotatable bonds is 7. The Morgan fingerprint density at radius 2 is 1.77 bits per heavy atom. The van der Waals surface area contributed by atoms with Gasteiger partial charge in [0.2, 0.25) is 15.9 Å². The summed E-state index contributed by atoms with van der Waals surface area (Å²) in [4.78, 5) is 17.4. The van der Waals surface area contributed by atoms with E-state index in [1.807, 2.05) is 17.5 Å². The number of sulfonamides is 1. The van der Waals surface area contributed by atoms with Crippen molar-refractivity contribution in [1.82, 2.24) is 14.6 Å². The van der Waals surface area contributed by atoms with E-state index in [1.165, 1.54) is 4.31 Å². The standard InChI is InChI=1S/C22H31N3O3S2/c1-15(2)17-5-7-20(8-6-17)30(27,28)25-11-9-18(10-12-25)21(26)23-13-19-14-29-22(24-19)16(3)4/h5-8,14-16,18H,9-13H2,1-4H3,(H,23,26). The molecule has 1 aromatic heterocycles. The quantitative estimate of drug-likeness (QED) is 0.690. The van der Waals surface area contributed by atoms with Gasteiger partial charge in [-0.05, 0) is 36.5 Å². The first kappa shape index (κ1) is 22.9. The minimum absolute atomic E-state index is 0.0209. The number of nitrogens with one attached hydrogen (secondary N) is 1. The Labute approximate surface area is 183 Å². The predicted molar refractivity (Wildman–Crippen MR) is 120 cm³/mol. The maximum absolute atomic E-state index is 12.9. The normalized spacial score (nSPS) is 16.3. The van der Waals surface area contributed by atoms with E-state index in [4.69, 9.17) is 0 Å². The summed E-state index contributed by atoms with van der Waals surface area (Å²) in [5, 5.41) is 6.01. The molecule has 0 atom stereocenters. The van der Waals surface area contributed by atoms with Crippen molar-refractivity contribution in [3.8, 4) is 0 Å². The molecule has 0 saturated carbocycles. The highest BCUT2D eigenvalue weighted by Gasteiger charge is 2.32. The minimum atomic E-state index is -3.52. The fourth-order valence-electron chi connectivity index (χ4n) is 3.52. The molecule has 6 nitrogen and oxygen atoms in total. The van der Waals surface area contributed by atoms with E-state index in [0.29, 0.717) is 49.2 Å². The van der Waals surface area contributed by atoms with Crippen molar-refractivity contribution < 1.29 is 13.2 Å². The van der Waals surface area contributed by atoms with Crippen LogP contribution >= 0.6 is 11.3 Å². The molecule has 8 heteroatoms. The molecule has 1 aromatic carbocycles. The van der Waals surface area contributed by atoms with Gasteiger partial charge in [-0.1, -0.05) is 39.8 Å². The van der Waals surface area contributed by atoms with Gasteiger partial charge in [0, 0.05) is 30.3 Å². The van der Waals surface area contributed by atoms with Crippen LogP contribution < -0.4 is 5.32 Å². The Kier molecular flexibility index (Phi) is 7.31. The molecule has 2 heterocycles. The van der Waals surface area contributed by atoms with E-state index < -0.39 is 10.0 Å². The number of carbonyl (C=O) groups is 1. The average Bonchev–Trinajstić information content (AvgIpc) is 3.21. The summed E-state index contributed by atoms with van der Waals surface area (Å²) in [5.74, 6) is 0.556. The molecule has 2 aromatic rings. The van der Waals surface area contributed by atoms with Crippen LogP contribution in [0.25, 0.3) is 0 Å². The molecular weight excluding hydrogens is 418 g/mol. The number of aromatic nitrogens is 1. The largest absolute Gasteiger partial charge is 0.350 e. The summed E-state index contributed by atoms with van der Waals surface area (Å²) in [5.41, 5.74) is 1.99. The highest BCUT2D eigenvalue weighted by atomic mass is 32.2. The predicted octanol–water partition coefficient (Wildman–Crippen LogP) is 4.11. The van der Waals surface area contributed by atoms with Crippen LogP contribution in [-0.2, 0) is 21.4 Å². The molecule has 0 bridgehead atoms. The SMILES string of the molecule is CC(C)c1ccc(S(=O)(=O)N2CCC(C(=O)NCc3csc(C(C)C)n3)CC2)cc1. The first-order valence-corrected chi connectivity index (χ1v) is 12.8. The minimum Gasteiger partial charge on any atom is -0.350 e. The number of carbonyl (C=O) groups excluding carboxylic acids is 1. The molecular formula is C22H31N3O3S2. The highest BCUT2D eigenvalue weighted by Crippen LogP contribution is 2.25. The van der Waals surface area contributed by atoms with E-state index >= 15 is 0 Å². The summed E-state index contributed by atoms with van der Waals surface area (Å²) < 4.78 is 27.4. The first-order valence-electron chi connectivity index (χ1n) is 10.5. The molecule has 30 heavy (non-hydrogen) atoms. The van der Waals surface area contributed by atoms with Crippen molar-refractivity contribution >= 4 is 27.3 Å². The molecule has 1 saturated heterocycles. The monoisotopic (exact) mass is 449 g/mol. The van der Waals surface area contributed by atoms with Crippen LogP contribution in [0.2, 0.25) is 0 Å². The Balaban J connectivity index is 1.53. The van der Waals surface area contributed by atoms with Gasteiger partial charge in [0.15, 0.2) is 0 Å². The van der Waals surface area contributed by atoms with Crippen LogP contribution in [0, 0.1) is 5.92 Å². The van der Waals surface area contributed by atoms with E-state index in [9.17, 15) is 13.2 Å². The zero-order valence-electron chi connectivity index (χ0n) is 18.1. The topological polar surface area (TPSA) is 79.4 Å². The highest BCUT2D eigenvalue weighted by molar-refractivity contribution is 7.89. The van der Waals surface area contributed by atoms with Gasteiger partial charge < -0.3 is 5.32 Å². The van der Waals surface area contributed by atoms with Crippen LogP contribution in [-0.4, -0.2) is 36.7 Å². The lowest BCUT2D eigenvalue weighted by Gasteiger charge is -2.30. The molecule has 1 aliphatic heterocycles. The molecule has 1 fully saturated rings. The van der Waals surface area contributed by atoms with Crippen molar-refractivity contribution in [3.05, 3.63) is 45.9 Å². The lowest BCUT2D eigenvalue weighted by Crippen LogP contribution is -2.42. The lowest BCUT2D eigenvalue weighted by molar-refractivity contribution is -0.126. The van der Waals surface area contributed by atoms with Gasteiger partial charge in [0.1, 0.15) is 0 Å². The molecule has 1 N–H and O–H groups in total. The average molecular weight is 450 g/mol. The van der Waals surface area contributed by atoms with Crippen LogP contribution in [0.1, 0.15) is 68.6 Å². The van der Waals surface area contributed by atoms with E-state index in [1.54, 1.807) is 23.5 Å². The Morgan fingerprint density at radius 3 is 2.30 bits per heavy atom. The molecule has 0 radical (unpaired) electrons. The maximum Gasteiger partial charge on any atom is 0.243 e. The number of hydrogen-bond acceptors (Lipinski definition) is 5. The number of thiazole rings is 1. The molecule has 3 rings (SSSR count). The van der Waals surface area contributed by atoms with Crippen molar-refractivity contribution in [2.45, 2.75) is 63.8 Å². The van der Waals surface area contributed by atoms with Gasteiger partial charge in [-0.3, -0.25) is 4.79 Å². The van der Waals surface area contributed by atoms with Crippen LogP contribution in [0.4, 0.5) is 0 Å². The maximum atomic E-state index is 12.9. The number of benzene rings is 1. The third kappa shape index (κ3) is 5.28. The number of hydrogen-bond donors (Lipinski definition) is 1. The van der Waals surface area contributed by atoms with Crippen LogP contribution in [0.5, 0.6) is 0 Å². The van der Waals surface area contributed by atoms with Crippen LogP contribution in [0.15, 0.2) is 34.5 Å². The molecule has 1 amide bonds. The van der Waals surface area contributed by atoms with Crippen LogP contribution in [0.3, 0.4) is 0 Å². The second-order valence-electron chi connectivity index (χ2n) is 8.45. The molecule has 0 unspecified atom stereocenters. The molecule has 0 spiro atoms. The smallest absolute Gasteiger partial charge is 0.243 e. The fourth-order valence-corrected chi connectivity index (χ4v) is 5.83. The summed E-state index contributed by atoms with van der Waals surface area (Å²) >= 11 is 1.61. The van der Waals surface area contributed by atoms with Crippen molar-refractivity contribution in [1.29, 1.82) is 0 Å².